The van der Waals surface area contributed by atoms with Crippen molar-refractivity contribution in [2.45, 2.75) is 54.9 Å². The molecule has 0 aliphatic carbocycles. The second kappa shape index (κ2) is 6.34. The van der Waals surface area contributed by atoms with Gasteiger partial charge in [-0.05, 0) is 54.9 Å². The molecule has 0 N–H and O–H groups in total. The molecule has 0 atom stereocenters. The van der Waals surface area contributed by atoms with Gasteiger partial charge in [0.1, 0.15) is 0 Å². The van der Waals surface area contributed by atoms with Gasteiger partial charge in [-0.1, -0.05) is 50.8 Å². The number of hydrogen-bond acceptors (Lipinski definition) is 1. The summed E-state index contributed by atoms with van der Waals surface area (Å²) in [7, 11) is 0. The van der Waals surface area contributed by atoms with Crippen molar-refractivity contribution in [3.8, 4) is 0 Å². The zero-order valence-electron chi connectivity index (χ0n) is 11.9. The van der Waals surface area contributed by atoms with Crippen LogP contribution in [0.25, 0.3) is 0 Å². The summed E-state index contributed by atoms with van der Waals surface area (Å²) < 4.78 is 0. The Balaban J connectivity index is 4.51. The molecule has 0 saturated carbocycles. The number of thioether (sulfide) groups is 1. The van der Waals surface area contributed by atoms with E-state index in [1.54, 1.807) is 0 Å². The maximum atomic E-state index is 4.15. The van der Waals surface area contributed by atoms with Crippen molar-refractivity contribution < 1.29 is 0 Å². The van der Waals surface area contributed by atoms with Gasteiger partial charge in [0, 0.05) is 0 Å². The summed E-state index contributed by atoms with van der Waals surface area (Å²) in [6.45, 7) is 19.5. The molecular formula is C15H26S. The second-order valence-electron chi connectivity index (χ2n) is 5.84. The zero-order valence-corrected chi connectivity index (χ0v) is 12.7. The molecule has 92 valence electrons. The minimum Gasteiger partial charge on any atom is -0.0996 e. The maximum absolute atomic E-state index is 4.15. The van der Waals surface area contributed by atoms with Crippen molar-refractivity contribution >= 4 is 11.8 Å². The van der Waals surface area contributed by atoms with Crippen LogP contribution in [-0.4, -0.2) is 0 Å². The van der Waals surface area contributed by atoms with Crippen LogP contribution in [0, 0.1) is 5.41 Å². The molecule has 0 aromatic heterocycles. The van der Waals surface area contributed by atoms with Gasteiger partial charge >= 0.3 is 0 Å². The lowest BCUT2D eigenvalue weighted by atomic mass is 9.92. The Labute approximate surface area is 106 Å². The van der Waals surface area contributed by atoms with Gasteiger partial charge in [-0.3, -0.25) is 0 Å². The predicted octanol–water partition coefficient (Wildman–Crippen LogP) is 5.93. The first-order chi connectivity index (χ1) is 7.11. The highest BCUT2D eigenvalue weighted by Crippen LogP contribution is 2.34. The van der Waals surface area contributed by atoms with Crippen LogP contribution < -0.4 is 0 Å². The Morgan fingerprint density at radius 3 is 2.00 bits per heavy atom. The minimum absolute atomic E-state index is 0.328. The molecule has 0 heterocycles. The summed E-state index contributed by atoms with van der Waals surface area (Å²) in [6.07, 6.45) is 3.30. The molecule has 0 fully saturated rings. The van der Waals surface area contributed by atoms with Crippen molar-refractivity contribution in [1.82, 2.24) is 0 Å². The lowest BCUT2D eigenvalue weighted by molar-refractivity contribution is 0.418. The lowest BCUT2D eigenvalue weighted by Gasteiger charge is -2.19. The van der Waals surface area contributed by atoms with Gasteiger partial charge in [0.15, 0.2) is 0 Å². The summed E-state index contributed by atoms with van der Waals surface area (Å²) >= 11 is 1.82. The molecule has 0 bridgehead atoms. The fraction of sp³-hybridized carbons (Fsp3) is 0.600. The van der Waals surface area contributed by atoms with E-state index >= 15 is 0 Å². The third kappa shape index (κ3) is 7.81. The lowest BCUT2D eigenvalue weighted by Crippen LogP contribution is -2.04. The summed E-state index contributed by atoms with van der Waals surface area (Å²) in [5.41, 5.74) is 3.02. The Kier molecular flexibility index (Phi) is 6.17. The molecule has 0 amide bonds. The van der Waals surface area contributed by atoms with Gasteiger partial charge in [-0.15, -0.1) is 0 Å². The van der Waals surface area contributed by atoms with Gasteiger partial charge in [0.2, 0.25) is 0 Å². The standard InChI is InChI=1S/C15H26S/c1-11(2)9-12(3)14(5)16-13(4)10-15(6,7)8/h9H,4,10H2,1-3,5-8H3/b14-12+. The number of rotatable bonds is 4. The van der Waals surface area contributed by atoms with E-state index in [1.807, 2.05) is 11.8 Å². The van der Waals surface area contributed by atoms with E-state index in [-0.39, 0.29) is 0 Å². The molecule has 0 rings (SSSR count). The van der Waals surface area contributed by atoms with Gasteiger partial charge in [-0.25, -0.2) is 0 Å². The molecule has 0 saturated heterocycles. The molecule has 0 aliphatic rings. The first-order valence-electron chi connectivity index (χ1n) is 5.80. The van der Waals surface area contributed by atoms with Crippen LogP contribution in [0.4, 0.5) is 0 Å². The van der Waals surface area contributed by atoms with E-state index in [9.17, 15) is 0 Å². The average Bonchev–Trinajstić information content (AvgIpc) is 1.98. The second-order valence-corrected chi connectivity index (χ2v) is 7.23. The normalized spacial score (nSPS) is 13.2. The first kappa shape index (κ1) is 15.6. The van der Waals surface area contributed by atoms with Crippen LogP contribution in [0.3, 0.4) is 0 Å². The summed E-state index contributed by atoms with van der Waals surface area (Å²) in [6, 6.07) is 0. The molecule has 0 nitrogen and oxygen atoms in total. The van der Waals surface area contributed by atoms with Crippen molar-refractivity contribution in [1.29, 1.82) is 0 Å². The van der Waals surface area contributed by atoms with E-state index in [1.165, 1.54) is 21.0 Å². The topological polar surface area (TPSA) is 0 Å². The van der Waals surface area contributed by atoms with Crippen molar-refractivity contribution in [2.24, 2.45) is 5.41 Å². The van der Waals surface area contributed by atoms with Crippen LogP contribution in [0.5, 0.6) is 0 Å². The molecule has 0 aliphatic heterocycles. The Morgan fingerprint density at radius 2 is 1.62 bits per heavy atom. The fourth-order valence-corrected chi connectivity index (χ4v) is 2.62. The summed E-state index contributed by atoms with van der Waals surface area (Å²) in [5, 5.41) is 0. The monoisotopic (exact) mass is 238 g/mol. The molecule has 0 aromatic carbocycles. The van der Waals surface area contributed by atoms with E-state index in [0.717, 1.165) is 6.42 Å². The van der Waals surface area contributed by atoms with E-state index in [2.05, 4.69) is 61.1 Å². The summed E-state index contributed by atoms with van der Waals surface area (Å²) in [5.74, 6) is 0. The Hall–Kier alpha value is -0.430. The quantitative estimate of drug-likeness (QED) is 0.547. The molecule has 0 radical (unpaired) electrons. The van der Waals surface area contributed by atoms with Crippen molar-refractivity contribution in [3.05, 3.63) is 33.6 Å². The zero-order chi connectivity index (χ0) is 12.9. The first-order valence-corrected chi connectivity index (χ1v) is 6.61. The SMILES string of the molecule is C=C(CC(C)(C)C)S/C(C)=C(\C)C=C(C)C. The minimum atomic E-state index is 0.328. The van der Waals surface area contributed by atoms with Gasteiger partial charge in [0.05, 0.1) is 0 Å². The summed E-state index contributed by atoms with van der Waals surface area (Å²) in [4.78, 5) is 2.61. The van der Waals surface area contributed by atoms with Crippen LogP contribution in [0.1, 0.15) is 54.9 Å². The third-order valence-corrected chi connectivity index (χ3v) is 3.15. The third-order valence-electron chi connectivity index (χ3n) is 2.09. The number of allylic oxidation sites excluding steroid dienone is 5. The van der Waals surface area contributed by atoms with Crippen LogP contribution in [-0.2, 0) is 0 Å². The van der Waals surface area contributed by atoms with E-state index in [0.29, 0.717) is 5.41 Å². The van der Waals surface area contributed by atoms with E-state index < -0.39 is 0 Å². The molecule has 0 spiro atoms. The molecule has 16 heavy (non-hydrogen) atoms. The Bertz CT molecular complexity index is 307. The Morgan fingerprint density at radius 1 is 1.12 bits per heavy atom. The van der Waals surface area contributed by atoms with Crippen molar-refractivity contribution in [3.63, 3.8) is 0 Å². The molecule has 0 aromatic rings. The van der Waals surface area contributed by atoms with Gasteiger partial charge < -0.3 is 0 Å². The highest BCUT2D eigenvalue weighted by Gasteiger charge is 2.12. The van der Waals surface area contributed by atoms with Gasteiger partial charge in [0.25, 0.3) is 0 Å². The molecule has 0 unspecified atom stereocenters. The van der Waals surface area contributed by atoms with E-state index in [4.69, 9.17) is 0 Å². The largest absolute Gasteiger partial charge is 0.0996 e. The average molecular weight is 238 g/mol. The van der Waals surface area contributed by atoms with Gasteiger partial charge in [-0.2, -0.15) is 0 Å². The highest BCUT2D eigenvalue weighted by molar-refractivity contribution is 8.06. The van der Waals surface area contributed by atoms with Crippen LogP contribution in [0.2, 0.25) is 0 Å². The fourth-order valence-electron chi connectivity index (χ4n) is 1.46. The number of hydrogen-bond donors (Lipinski definition) is 0. The molecule has 1 heteroatoms. The van der Waals surface area contributed by atoms with Crippen LogP contribution >= 0.6 is 11.8 Å². The smallest absolute Gasteiger partial charge is 0.0108 e. The molecular weight excluding hydrogens is 212 g/mol. The van der Waals surface area contributed by atoms with Crippen LogP contribution in [0.15, 0.2) is 33.6 Å². The predicted molar refractivity (Wildman–Crippen MR) is 78.6 cm³/mol. The van der Waals surface area contributed by atoms with Crippen molar-refractivity contribution in [2.75, 3.05) is 0 Å². The maximum Gasteiger partial charge on any atom is -0.0108 e. The highest BCUT2D eigenvalue weighted by atomic mass is 32.2.